The zero-order valence-electron chi connectivity index (χ0n) is 18.5. The molecule has 5 N–H and O–H groups in total. The summed E-state index contributed by atoms with van der Waals surface area (Å²) < 4.78 is 0. The molecule has 0 saturated heterocycles. The van der Waals surface area contributed by atoms with Crippen LogP contribution < -0.4 is 11.5 Å². The summed E-state index contributed by atoms with van der Waals surface area (Å²) in [5.41, 5.74) is 12.4. The minimum atomic E-state index is -1.13. The Hall–Kier alpha value is -3.30. The van der Waals surface area contributed by atoms with Crippen molar-refractivity contribution >= 4 is 34.4 Å². The summed E-state index contributed by atoms with van der Waals surface area (Å²) >= 11 is 0. The SMILES string of the molecule is CCCCN1C(=O)c2ccc3c4c(ccc(c24)C1O)C(=O)N(CCCCC(N)C(N)=O)C3=O. The van der Waals surface area contributed by atoms with E-state index in [2.05, 4.69) is 0 Å². The molecule has 0 spiro atoms. The lowest BCUT2D eigenvalue weighted by molar-refractivity contribution is -0.119. The van der Waals surface area contributed by atoms with Crippen LogP contribution in [0.15, 0.2) is 24.3 Å². The summed E-state index contributed by atoms with van der Waals surface area (Å²) in [5, 5.41) is 11.8. The van der Waals surface area contributed by atoms with Crippen molar-refractivity contribution in [3.8, 4) is 0 Å². The second kappa shape index (κ2) is 8.92. The van der Waals surface area contributed by atoms with Crippen LogP contribution in [0.1, 0.15) is 81.9 Å². The summed E-state index contributed by atoms with van der Waals surface area (Å²) in [5.74, 6) is -1.77. The van der Waals surface area contributed by atoms with Crippen molar-refractivity contribution in [3.63, 3.8) is 0 Å². The maximum atomic E-state index is 13.2. The van der Waals surface area contributed by atoms with Gasteiger partial charge >= 0.3 is 0 Å². The van der Waals surface area contributed by atoms with E-state index in [1.165, 1.54) is 9.80 Å². The summed E-state index contributed by atoms with van der Waals surface area (Å²) in [7, 11) is 0. The Balaban J connectivity index is 1.66. The summed E-state index contributed by atoms with van der Waals surface area (Å²) in [6.07, 6.45) is 1.90. The number of aliphatic hydroxyl groups is 1. The van der Waals surface area contributed by atoms with E-state index in [-0.39, 0.29) is 12.5 Å². The number of carbonyl (C=O) groups excluding carboxylic acids is 4. The quantitative estimate of drug-likeness (QED) is 0.389. The minimum absolute atomic E-state index is 0.180. The third-order valence-electron chi connectivity index (χ3n) is 6.47. The molecule has 2 aromatic carbocycles. The molecule has 9 nitrogen and oxygen atoms in total. The number of nitrogens with two attached hydrogens (primary N) is 2. The van der Waals surface area contributed by atoms with Gasteiger partial charge in [0.2, 0.25) is 5.91 Å². The zero-order valence-corrected chi connectivity index (χ0v) is 18.5. The number of aliphatic hydroxyl groups excluding tert-OH is 1. The predicted octanol–water partition coefficient (Wildman–Crippen LogP) is 1.67. The first-order valence-electron chi connectivity index (χ1n) is 11.3. The van der Waals surface area contributed by atoms with Gasteiger partial charge in [-0.25, -0.2) is 0 Å². The van der Waals surface area contributed by atoms with Gasteiger partial charge in [0, 0.05) is 46.1 Å². The Bertz CT molecular complexity index is 1140. The molecule has 174 valence electrons. The number of unbranched alkanes of at least 4 members (excludes halogenated alkanes) is 2. The molecule has 0 radical (unpaired) electrons. The highest BCUT2D eigenvalue weighted by Gasteiger charge is 2.39. The van der Waals surface area contributed by atoms with E-state index in [0.29, 0.717) is 58.8 Å². The van der Waals surface area contributed by atoms with Crippen LogP contribution >= 0.6 is 0 Å². The number of primary amides is 1. The number of hydrogen-bond donors (Lipinski definition) is 3. The monoisotopic (exact) mass is 452 g/mol. The second-order valence-corrected chi connectivity index (χ2v) is 8.61. The summed E-state index contributed by atoms with van der Waals surface area (Å²) in [6, 6.07) is 5.72. The fourth-order valence-corrected chi connectivity index (χ4v) is 4.62. The maximum Gasteiger partial charge on any atom is 0.261 e. The van der Waals surface area contributed by atoms with Gasteiger partial charge in [-0.3, -0.25) is 24.1 Å². The lowest BCUT2D eigenvalue weighted by Crippen LogP contribution is -2.43. The molecule has 2 aromatic rings. The average Bonchev–Trinajstić information content (AvgIpc) is 2.80. The Labute approximate surface area is 191 Å². The van der Waals surface area contributed by atoms with E-state index < -0.39 is 30.0 Å². The smallest absolute Gasteiger partial charge is 0.261 e. The van der Waals surface area contributed by atoms with Crippen molar-refractivity contribution in [2.75, 3.05) is 13.1 Å². The highest BCUT2D eigenvalue weighted by molar-refractivity contribution is 6.28. The van der Waals surface area contributed by atoms with E-state index in [4.69, 9.17) is 11.5 Å². The van der Waals surface area contributed by atoms with Crippen LogP contribution in [0.3, 0.4) is 0 Å². The molecular formula is C24H28N4O5. The number of hydrogen-bond acceptors (Lipinski definition) is 6. The van der Waals surface area contributed by atoms with Crippen molar-refractivity contribution in [1.82, 2.24) is 9.80 Å². The molecule has 0 aromatic heterocycles. The van der Waals surface area contributed by atoms with Crippen LogP contribution in [-0.4, -0.2) is 57.7 Å². The number of rotatable bonds is 9. The summed E-state index contributed by atoms with van der Waals surface area (Å²) in [4.78, 5) is 53.2. The fraction of sp³-hybridized carbons (Fsp3) is 0.417. The molecule has 0 aliphatic carbocycles. The van der Waals surface area contributed by atoms with Crippen LogP contribution in [0.25, 0.3) is 10.8 Å². The number of imide groups is 1. The van der Waals surface area contributed by atoms with Gasteiger partial charge in [-0.15, -0.1) is 0 Å². The molecular weight excluding hydrogens is 424 g/mol. The average molecular weight is 453 g/mol. The first-order chi connectivity index (χ1) is 15.8. The van der Waals surface area contributed by atoms with E-state index >= 15 is 0 Å². The molecule has 0 fully saturated rings. The lowest BCUT2D eigenvalue weighted by atomic mass is 9.85. The van der Waals surface area contributed by atoms with Gasteiger partial charge in [0.15, 0.2) is 6.23 Å². The molecule has 0 saturated carbocycles. The number of benzene rings is 2. The first kappa shape index (κ1) is 22.9. The third kappa shape index (κ3) is 3.77. The number of nitrogens with zero attached hydrogens (tertiary/aromatic N) is 2. The second-order valence-electron chi connectivity index (χ2n) is 8.61. The highest BCUT2D eigenvalue weighted by Crippen LogP contribution is 2.41. The Kier molecular flexibility index (Phi) is 6.18. The van der Waals surface area contributed by atoms with Crippen LogP contribution in [0.5, 0.6) is 0 Å². The Morgan fingerprint density at radius 2 is 1.55 bits per heavy atom. The van der Waals surface area contributed by atoms with Gasteiger partial charge in [0.25, 0.3) is 17.7 Å². The molecule has 2 unspecified atom stereocenters. The standard InChI is InChI=1S/C24H28N4O5/c1-2-3-11-27-21(30)13-7-9-15-19-16(10-8-14(18(13)19)22(27)31)24(33)28(23(15)32)12-5-4-6-17(25)20(26)29/h7-10,17,21,30H,2-6,11-12,25H2,1H3,(H2,26,29). The van der Waals surface area contributed by atoms with E-state index in [9.17, 15) is 24.3 Å². The van der Waals surface area contributed by atoms with Gasteiger partial charge < -0.3 is 21.5 Å². The van der Waals surface area contributed by atoms with Crippen molar-refractivity contribution in [3.05, 3.63) is 46.5 Å². The van der Waals surface area contributed by atoms with Crippen LogP contribution in [0.2, 0.25) is 0 Å². The number of carbonyl (C=O) groups is 4. The van der Waals surface area contributed by atoms with Gasteiger partial charge in [0.05, 0.1) is 6.04 Å². The highest BCUT2D eigenvalue weighted by atomic mass is 16.3. The maximum absolute atomic E-state index is 13.2. The summed E-state index contributed by atoms with van der Waals surface area (Å²) in [6.45, 7) is 2.61. The van der Waals surface area contributed by atoms with E-state index in [0.717, 1.165) is 12.8 Å². The van der Waals surface area contributed by atoms with Crippen LogP contribution in [0.4, 0.5) is 0 Å². The molecule has 2 heterocycles. The molecule has 0 bridgehead atoms. The van der Waals surface area contributed by atoms with Crippen molar-refractivity contribution in [2.45, 2.75) is 51.3 Å². The van der Waals surface area contributed by atoms with Gasteiger partial charge in [0.1, 0.15) is 0 Å². The Morgan fingerprint density at radius 1 is 0.939 bits per heavy atom. The lowest BCUT2D eigenvalue weighted by Gasteiger charge is -2.36. The minimum Gasteiger partial charge on any atom is -0.369 e. The van der Waals surface area contributed by atoms with Gasteiger partial charge in [-0.05, 0) is 43.9 Å². The van der Waals surface area contributed by atoms with E-state index in [1.54, 1.807) is 24.3 Å². The molecule has 9 heteroatoms. The van der Waals surface area contributed by atoms with Crippen molar-refractivity contribution in [2.24, 2.45) is 11.5 Å². The van der Waals surface area contributed by atoms with Gasteiger partial charge in [-0.2, -0.15) is 0 Å². The molecule has 4 amide bonds. The predicted molar refractivity (Wildman–Crippen MR) is 121 cm³/mol. The van der Waals surface area contributed by atoms with Crippen molar-refractivity contribution < 1.29 is 24.3 Å². The first-order valence-corrected chi connectivity index (χ1v) is 11.3. The van der Waals surface area contributed by atoms with Crippen LogP contribution in [0, 0.1) is 0 Å². The largest absolute Gasteiger partial charge is 0.369 e. The molecule has 2 aliphatic rings. The molecule has 4 rings (SSSR count). The normalized spacial score (nSPS) is 18.3. The topological polar surface area (TPSA) is 147 Å². The molecule has 2 atom stereocenters. The van der Waals surface area contributed by atoms with Crippen LogP contribution in [-0.2, 0) is 4.79 Å². The fourth-order valence-electron chi connectivity index (χ4n) is 4.62. The van der Waals surface area contributed by atoms with Gasteiger partial charge in [-0.1, -0.05) is 19.4 Å². The number of amides is 4. The molecule has 33 heavy (non-hydrogen) atoms. The Morgan fingerprint density at radius 3 is 2.15 bits per heavy atom. The van der Waals surface area contributed by atoms with E-state index in [1.807, 2.05) is 6.92 Å². The molecule has 2 aliphatic heterocycles. The third-order valence-corrected chi connectivity index (χ3v) is 6.47. The zero-order chi connectivity index (χ0) is 23.9. The van der Waals surface area contributed by atoms with Crippen molar-refractivity contribution in [1.29, 1.82) is 0 Å².